The minimum Gasteiger partial charge on any atom is -0.463 e. The number of hydrogen-bond donors (Lipinski definition) is 2. The van der Waals surface area contributed by atoms with E-state index in [2.05, 4.69) is 25.3 Å². The normalized spacial score (nSPS) is 15.1. The van der Waals surface area contributed by atoms with E-state index in [1.165, 1.54) is 16.6 Å². The van der Waals surface area contributed by atoms with Gasteiger partial charge in [-0.25, -0.2) is 12.8 Å². The zero-order valence-corrected chi connectivity index (χ0v) is 19.9. The minimum absolute atomic E-state index is 0.0161. The van der Waals surface area contributed by atoms with Crippen molar-refractivity contribution in [2.45, 2.75) is 4.90 Å². The van der Waals surface area contributed by atoms with Crippen molar-refractivity contribution in [3.05, 3.63) is 48.5 Å². The highest BCUT2D eigenvalue weighted by atomic mass is 32.2. The SMILES string of the molecule is CS(=O)(=O)c1ccc(N2CCN(CCNc3nc(N)n4nc(-c5ccco5)cc4n3)CC2)c(F)c1. The van der Waals surface area contributed by atoms with E-state index in [0.717, 1.165) is 32.0 Å². The van der Waals surface area contributed by atoms with Gasteiger partial charge in [-0.2, -0.15) is 19.6 Å². The van der Waals surface area contributed by atoms with Crippen LogP contribution < -0.4 is 16.0 Å². The molecule has 4 heterocycles. The van der Waals surface area contributed by atoms with Crippen molar-refractivity contribution in [1.82, 2.24) is 24.5 Å². The third-order valence-corrected chi connectivity index (χ3v) is 7.00. The molecule has 0 amide bonds. The van der Waals surface area contributed by atoms with E-state index in [0.29, 0.717) is 48.4 Å². The second-order valence-electron chi connectivity index (χ2n) is 8.32. The third kappa shape index (κ3) is 4.91. The van der Waals surface area contributed by atoms with Crippen molar-refractivity contribution in [2.75, 3.05) is 61.5 Å². The van der Waals surface area contributed by atoms with E-state index in [1.54, 1.807) is 18.4 Å². The molecule has 0 bridgehead atoms. The molecule has 5 rings (SSSR count). The predicted molar refractivity (Wildman–Crippen MR) is 130 cm³/mol. The maximum absolute atomic E-state index is 14.5. The summed E-state index contributed by atoms with van der Waals surface area (Å²) in [4.78, 5) is 12.9. The van der Waals surface area contributed by atoms with E-state index < -0.39 is 15.7 Å². The van der Waals surface area contributed by atoms with Crippen LogP contribution in [-0.4, -0.2) is 78.4 Å². The van der Waals surface area contributed by atoms with Crippen LogP contribution >= 0.6 is 0 Å². The van der Waals surface area contributed by atoms with Gasteiger partial charge in [0.15, 0.2) is 21.2 Å². The number of nitrogens with zero attached hydrogens (tertiary/aromatic N) is 6. The average Bonchev–Trinajstić information content (AvgIpc) is 3.49. The first-order valence-electron chi connectivity index (χ1n) is 11.1. The van der Waals surface area contributed by atoms with E-state index in [1.807, 2.05) is 11.0 Å². The molecule has 1 saturated heterocycles. The second kappa shape index (κ2) is 9.15. The summed E-state index contributed by atoms with van der Waals surface area (Å²) in [5.41, 5.74) is 7.65. The molecule has 4 aromatic rings. The molecule has 13 heteroatoms. The summed E-state index contributed by atoms with van der Waals surface area (Å²) >= 11 is 0. The van der Waals surface area contributed by atoms with Crippen LogP contribution in [0, 0.1) is 5.82 Å². The van der Waals surface area contributed by atoms with Crippen LogP contribution in [0.25, 0.3) is 17.1 Å². The van der Waals surface area contributed by atoms with Gasteiger partial charge in [0.2, 0.25) is 11.9 Å². The number of rotatable bonds is 7. The Morgan fingerprint density at radius 2 is 1.94 bits per heavy atom. The highest BCUT2D eigenvalue weighted by Gasteiger charge is 2.21. The number of fused-ring (bicyclic) bond motifs is 1. The van der Waals surface area contributed by atoms with Crippen molar-refractivity contribution in [1.29, 1.82) is 0 Å². The zero-order chi connectivity index (χ0) is 24.6. The van der Waals surface area contributed by atoms with E-state index in [9.17, 15) is 12.8 Å². The topological polar surface area (TPSA) is 135 Å². The molecule has 0 spiro atoms. The molecule has 35 heavy (non-hydrogen) atoms. The van der Waals surface area contributed by atoms with Crippen LogP contribution in [0.15, 0.2) is 52.0 Å². The monoisotopic (exact) mass is 500 g/mol. The number of halogens is 1. The fourth-order valence-electron chi connectivity index (χ4n) is 4.05. The summed E-state index contributed by atoms with van der Waals surface area (Å²) in [5.74, 6) is 0.721. The van der Waals surface area contributed by atoms with Crippen molar-refractivity contribution in [3.63, 3.8) is 0 Å². The summed E-state index contributed by atoms with van der Waals surface area (Å²) in [5, 5.41) is 7.58. The Kier molecular flexibility index (Phi) is 6.03. The Morgan fingerprint density at radius 3 is 2.63 bits per heavy atom. The number of hydrogen-bond acceptors (Lipinski definition) is 10. The second-order valence-corrected chi connectivity index (χ2v) is 10.3. The van der Waals surface area contributed by atoms with Crippen LogP contribution in [0.5, 0.6) is 0 Å². The van der Waals surface area contributed by atoms with E-state index in [4.69, 9.17) is 10.2 Å². The lowest BCUT2D eigenvalue weighted by Crippen LogP contribution is -2.48. The number of benzene rings is 1. The summed E-state index contributed by atoms with van der Waals surface area (Å²) < 4.78 is 44.6. The molecule has 3 aromatic heterocycles. The van der Waals surface area contributed by atoms with Crippen molar-refractivity contribution in [2.24, 2.45) is 0 Å². The summed E-state index contributed by atoms with van der Waals surface area (Å²) in [6.45, 7) is 4.10. The van der Waals surface area contributed by atoms with Gasteiger partial charge in [0, 0.05) is 51.6 Å². The molecule has 0 radical (unpaired) electrons. The van der Waals surface area contributed by atoms with Crippen molar-refractivity contribution < 1.29 is 17.2 Å². The van der Waals surface area contributed by atoms with Gasteiger partial charge in [0.05, 0.1) is 16.8 Å². The number of furan rings is 1. The third-order valence-electron chi connectivity index (χ3n) is 5.89. The molecule has 184 valence electrons. The van der Waals surface area contributed by atoms with Gasteiger partial charge < -0.3 is 20.4 Å². The molecule has 1 aliphatic heterocycles. The molecule has 3 N–H and O–H groups in total. The zero-order valence-electron chi connectivity index (χ0n) is 19.1. The lowest BCUT2D eigenvalue weighted by Gasteiger charge is -2.36. The van der Waals surface area contributed by atoms with Gasteiger partial charge in [0.25, 0.3) is 0 Å². The number of aromatic nitrogens is 4. The lowest BCUT2D eigenvalue weighted by atomic mass is 10.2. The number of anilines is 3. The van der Waals surface area contributed by atoms with Gasteiger partial charge >= 0.3 is 0 Å². The first kappa shape index (κ1) is 23.1. The highest BCUT2D eigenvalue weighted by Crippen LogP contribution is 2.24. The van der Waals surface area contributed by atoms with Crippen LogP contribution in [0.2, 0.25) is 0 Å². The van der Waals surface area contributed by atoms with E-state index in [-0.39, 0.29) is 10.8 Å². The smallest absolute Gasteiger partial charge is 0.228 e. The molecule has 1 fully saturated rings. The number of piperazine rings is 1. The largest absolute Gasteiger partial charge is 0.463 e. The average molecular weight is 501 g/mol. The van der Waals surface area contributed by atoms with Crippen molar-refractivity contribution in [3.8, 4) is 11.5 Å². The molecule has 11 nitrogen and oxygen atoms in total. The highest BCUT2D eigenvalue weighted by molar-refractivity contribution is 7.90. The number of sulfone groups is 1. The quantitative estimate of drug-likeness (QED) is 0.386. The summed E-state index contributed by atoms with van der Waals surface area (Å²) in [6.07, 6.45) is 2.64. The minimum atomic E-state index is -3.44. The summed E-state index contributed by atoms with van der Waals surface area (Å²) in [7, 11) is -3.44. The number of nitrogens with two attached hydrogens (primary N) is 1. The van der Waals surface area contributed by atoms with Crippen LogP contribution in [-0.2, 0) is 9.84 Å². The van der Waals surface area contributed by atoms with Crippen molar-refractivity contribution >= 4 is 33.1 Å². The fraction of sp³-hybridized carbons (Fsp3) is 0.318. The molecule has 0 saturated carbocycles. The Morgan fingerprint density at radius 1 is 1.14 bits per heavy atom. The first-order valence-corrected chi connectivity index (χ1v) is 12.9. The fourth-order valence-corrected chi connectivity index (χ4v) is 4.68. The van der Waals surface area contributed by atoms with Gasteiger partial charge in [-0.1, -0.05) is 0 Å². The number of nitrogen functional groups attached to an aromatic ring is 1. The Labute approximate surface area is 201 Å². The number of nitrogens with one attached hydrogen (secondary N) is 1. The van der Waals surface area contributed by atoms with E-state index >= 15 is 0 Å². The molecular formula is C22H25FN8O3S. The van der Waals surface area contributed by atoms with Gasteiger partial charge in [-0.05, 0) is 30.3 Å². The molecular weight excluding hydrogens is 475 g/mol. The van der Waals surface area contributed by atoms with Gasteiger partial charge in [-0.15, -0.1) is 0 Å². The molecule has 0 unspecified atom stereocenters. The van der Waals surface area contributed by atoms with Gasteiger partial charge in [0.1, 0.15) is 11.5 Å². The maximum Gasteiger partial charge on any atom is 0.228 e. The maximum atomic E-state index is 14.5. The Bertz CT molecular complexity index is 1450. The molecule has 1 aromatic carbocycles. The molecule has 0 atom stereocenters. The summed E-state index contributed by atoms with van der Waals surface area (Å²) in [6, 6.07) is 9.44. The standard InChI is InChI=1S/C22H25FN8O3S/c1-35(32,33)15-4-5-18(16(23)13-15)30-10-8-29(9-11-30)7-6-25-22-26-20-14-17(19-3-2-12-34-19)28-31(20)21(24)27-22/h2-5,12-14H,6-11H2,1H3,(H3,24,25,26,27). The Balaban J connectivity index is 1.16. The van der Waals surface area contributed by atoms with Crippen LogP contribution in [0.1, 0.15) is 0 Å². The Hall–Kier alpha value is -3.71. The molecule has 1 aliphatic rings. The molecule has 0 aliphatic carbocycles. The van der Waals surface area contributed by atoms with Crippen LogP contribution in [0.4, 0.5) is 22.0 Å². The van der Waals surface area contributed by atoms with Gasteiger partial charge in [-0.3, -0.25) is 4.90 Å². The predicted octanol–water partition coefficient (Wildman–Crippen LogP) is 1.74. The lowest BCUT2D eigenvalue weighted by molar-refractivity contribution is 0.266. The first-order chi connectivity index (χ1) is 16.8. The van der Waals surface area contributed by atoms with Crippen LogP contribution in [0.3, 0.4) is 0 Å².